The highest BCUT2D eigenvalue weighted by Crippen LogP contribution is 2.41. The second-order valence-electron chi connectivity index (χ2n) is 17.0. The Kier molecular flexibility index (Phi) is 15.4. The van der Waals surface area contributed by atoms with Crippen LogP contribution in [0.1, 0.15) is 60.4 Å². The molecule has 0 aliphatic carbocycles. The number of aromatic nitrogens is 1. The number of nitrogens with zero attached hydrogens (tertiary/aromatic N) is 1. The summed E-state index contributed by atoms with van der Waals surface area (Å²) in [6.07, 6.45) is -50.8. The quantitative estimate of drug-likeness (QED) is 0.0982. The monoisotopic (exact) mass is 1130 g/mol. The highest BCUT2D eigenvalue weighted by Gasteiger charge is 2.47. The number of hydrogen-bond acceptors (Lipinski definition) is 1. The third-order valence-electron chi connectivity index (χ3n) is 11.7. The van der Waals surface area contributed by atoms with Gasteiger partial charge in [0, 0.05) is 17.0 Å². The Balaban J connectivity index is 0.000000397. The van der Waals surface area contributed by atoms with Gasteiger partial charge in [0.15, 0.2) is 18.9 Å². The van der Waals surface area contributed by atoms with Crippen molar-refractivity contribution in [2.75, 3.05) is 0 Å². The van der Waals surface area contributed by atoms with Crippen molar-refractivity contribution in [3.63, 3.8) is 0 Å². The zero-order chi connectivity index (χ0) is 57.9. The topological polar surface area (TPSA) is 41.2 Å². The van der Waals surface area contributed by atoms with Crippen molar-refractivity contribution in [3.8, 4) is 0 Å². The van der Waals surface area contributed by atoms with Crippen molar-refractivity contribution < 1.29 is 120 Å². The molecule has 7 aromatic rings. The molecule has 0 spiro atoms. The Morgan fingerprint density at radius 1 is 0.364 bits per heavy atom. The van der Waals surface area contributed by atoms with Crippen molar-refractivity contribution in [1.82, 2.24) is 0 Å². The molecule has 1 N–H and O–H groups in total. The van der Waals surface area contributed by atoms with E-state index in [9.17, 15) is 110 Å². The Labute approximate surface area is 415 Å². The lowest BCUT2D eigenvalue weighted by Crippen LogP contribution is -2.75. The molecular weight excluding hydrogens is 1100 g/mol. The fourth-order valence-electron chi connectivity index (χ4n) is 8.33. The molecule has 1 heterocycles. The standard InChI is InChI=1S/C32H12BF24.C17H13NO2/c34-25(35,36)13-1-14(26(37,38)39)6-21(5-13)33(22-7-15(27(40,41)42)2-16(8-22)28(43,44)45,23-9-17(29(46,47)48)3-18(10-23)30(49,50)51)24-11-19(31(52,53)54)4-20(12-24)32(55,56)57;19-17(20)15-6-7-16-12-18(9-8-14(16)10-15)11-13-4-2-1-3-5-13/h1-12H;1-10,12H,11H2/q-1;/p+1. The summed E-state index contributed by atoms with van der Waals surface area (Å²) >= 11 is 0. The van der Waals surface area contributed by atoms with Crippen molar-refractivity contribution in [2.45, 2.75) is 56.0 Å². The fraction of sp³-hybridized carbons (Fsp3) is 0.184. The van der Waals surface area contributed by atoms with E-state index in [1.54, 1.807) is 12.1 Å². The number of rotatable bonds is 7. The lowest BCUT2D eigenvalue weighted by atomic mass is 9.12. The number of fused-ring (bicyclic) bond motifs is 1. The Morgan fingerprint density at radius 2 is 0.649 bits per heavy atom. The molecule has 7 rings (SSSR count). The van der Waals surface area contributed by atoms with Gasteiger partial charge >= 0.3 is 55.4 Å². The van der Waals surface area contributed by atoms with Gasteiger partial charge in [0.1, 0.15) is 6.15 Å². The van der Waals surface area contributed by atoms with Crippen LogP contribution in [0.25, 0.3) is 10.8 Å². The fourth-order valence-corrected chi connectivity index (χ4v) is 8.33. The van der Waals surface area contributed by atoms with Crippen molar-refractivity contribution >= 4 is 44.7 Å². The van der Waals surface area contributed by atoms with Crippen LogP contribution in [0.3, 0.4) is 0 Å². The molecule has 0 radical (unpaired) electrons. The number of carboxylic acids is 1. The minimum absolute atomic E-state index is 0.318. The van der Waals surface area contributed by atoms with Crippen LogP contribution in [0.4, 0.5) is 105 Å². The second kappa shape index (κ2) is 20.2. The van der Waals surface area contributed by atoms with E-state index >= 15 is 0 Å². The zero-order valence-electron chi connectivity index (χ0n) is 37.4. The van der Waals surface area contributed by atoms with Gasteiger partial charge < -0.3 is 5.11 Å². The molecule has 0 bridgehead atoms. The number of carboxylic acid groups (broad SMARTS) is 1. The van der Waals surface area contributed by atoms with Gasteiger partial charge in [0.2, 0.25) is 0 Å². The minimum Gasteiger partial charge on any atom is -0.478 e. The summed E-state index contributed by atoms with van der Waals surface area (Å²) in [5.74, 6) is -0.895. The van der Waals surface area contributed by atoms with Gasteiger partial charge in [0.05, 0.1) is 50.1 Å². The SMILES string of the molecule is FC(F)(F)c1cc([B-](c2cc(C(F)(F)F)cc(C(F)(F)F)c2)(c2cc(C(F)(F)F)cc(C(F)(F)F)c2)c2cc(C(F)(F)F)cc(C(F)(F)F)c2)cc(C(F)(F)F)c1.O=C(O)c1ccc2c[n+](Cc3ccccc3)ccc2c1. The molecule has 0 unspecified atom stereocenters. The number of alkyl halides is 24. The third-order valence-corrected chi connectivity index (χ3v) is 11.7. The van der Waals surface area contributed by atoms with Crippen LogP contribution in [0.15, 0.2) is 140 Å². The van der Waals surface area contributed by atoms with E-state index < -0.39 is 201 Å². The molecule has 3 nitrogen and oxygen atoms in total. The molecule has 28 heteroatoms. The van der Waals surface area contributed by atoms with Gasteiger partial charge in [-0.3, -0.25) is 0 Å². The first-order chi connectivity index (χ1) is 35.0. The first-order valence-electron chi connectivity index (χ1n) is 21.0. The largest absolute Gasteiger partial charge is 0.478 e. The Hall–Kier alpha value is -7.42. The zero-order valence-corrected chi connectivity index (χ0v) is 37.4. The maximum absolute atomic E-state index is 14.2. The summed E-state index contributed by atoms with van der Waals surface area (Å²) in [5.41, 5.74) is -28.7. The predicted octanol–water partition coefficient (Wildman–Crippen LogP) is 14.1. The molecule has 77 heavy (non-hydrogen) atoms. The number of halogens is 24. The van der Waals surface area contributed by atoms with E-state index in [1.165, 1.54) is 5.56 Å². The molecule has 0 aliphatic heterocycles. The van der Waals surface area contributed by atoms with E-state index in [0.29, 0.717) is 5.56 Å². The number of pyridine rings is 1. The molecule has 0 atom stereocenters. The van der Waals surface area contributed by atoms with Gasteiger partial charge in [-0.05, 0) is 47.9 Å². The number of aromatic carboxylic acids is 1. The van der Waals surface area contributed by atoms with Gasteiger partial charge in [-0.25, -0.2) is 9.36 Å². The molecule has 1 aromatic heterocycles. The van der Waals surface area contributed by atoms with Crippen LogP contribution >= 0.6 is 0 Å². The Morgan fingerprint density at radius 3 is 0.909 bits per heavy atom. The van der Waals surface area contributed by atoms with Crippen LogP contribution in [-0.2, 0) is 56.0 Å². The summed E-state index contributed by atoms with van der Waals surface area (Å²) in [4.78, 5) is 10.9. The highest BCUT2D eigenvalue weighted by molar-refractivity contribution is 7.20. The molecule has 0 saturated carbocycles. The van der Waals surface area contributed by atoms with Crippen LogP contribution in [-0.4, -0.2) is 17.2 Å². The molecule has 410 valence electrons. The number of carbonyl (C=O) groups is 1. The summed E-state index contributed by atoms with van der Waals surface area (Å²) in [6, 6.07) is 8.55. The molecule has 0 aliphatic rings. The molecule has 0 saturated heterocycles. The molecule has 6 aromatic carbocycles. The third kappa shape index (κ3) is 13.4. The van der Waals surface area contributed by atoms with Crippen molar-refractivity contribution in [2.24, 2.45) is 0 Å². The van der Waals surface area contributed by atoms with E-state index in [4.69, 9.17) is 5.11 Å². The summed E-state index contributed by atoms with van der Waals surface area (Å²) in [6.45, 7) is 0.803. The van der Waals surface area contributed by atoms with Crippen LogP contribution in [0.2, 0.25) is 0 Å². The first kappa shape index (κ1) is 58.8. The predicted molar refractivity (Wildman–Crippen MR) is 227 cm³/mol. The number of hydrogen-bond donors (Lipinski definition) is 1. The van der Waals surface area contributed by atoms with Crippen molar-refractivity contribution in [3.05, 3.63) is 195 Å². The van der Waals surface area contributed by atoms with E-state index in [2.05, 4.69) is 16.7 Å². The maximum atomic E-state index is 14.2. The van der Waals surface area contributed by atoms with E-state index in [0.717, 1.165) is 17.3 Å². The highest BCUT2D eigenvalue weighted by atomic mass is 19.4. The summed E-state index contributed by atoms with van der Waals surface area (Å²) < 4.78 is 343. The summed E-state index contributed by atoms with van der Waals surface area (Å²) in [7, 11) is 0. The second-order valence-corrected chi connectivity index (χ2v) is 17.0. The van der Waals surface area contributed by atoms with Crippen LogP contribution < -0.4 is 26.4 Å². The molecular formula is C49H26BF24NO2. The summed E-state index contributed by atoms with van der Waals surface area (Å²) in [5, 5.41) is 11.0. The van der Waals surface area contributed by atoms with E-state index in [1.807, 2.05) is 42.7 Å². The van der Waals surface area contributed by atoms with Gasteiger partial charge in [-0.1, -0.05) is 78.9 Å². The average Bonchev–Trinajstić information content (AvgIpc) is 3.29. The Bertz CT molecular complexity index is 2870. The minimum atomic E-state index is -6.13. The molecule has 0 fully saturated rings. The lowest BCUT2D eigenvalue weighted by molar-refractivity contribution is -0.687. The lowest BCUT2D eigenvalue weighted by Gasteiger charge is -2.46. The van der Waals surface area contributed by atoms with Crippen LogP contribution in [0.5, 0.6) is 0 Å². The maximum Gasteiger partial charge on any atom is 0.416 e. The smallest absolute Gasteiger partial charge is 0.416 e. The first-order valence-corrected chi connectivity index (χ1v) is 21.0. The van der Waals surface area contributed by atoms with Crippen LogP contribution in [0, 0.1) is 0 Å². The van der Waals surface area contributed by atoms with Crippen molar-refractivity contribution in [1.29, 1.82) is 0 Å². The van der Waals surface area contributed by atoms with Gasteiger partial charge in [-0.15, -0.1) is 0 Å². The average molecular weight is 1130 g/mol. The molecule has 0 amide bonds. The van der Waals surface area contributed by atoms with Gasteiger partial charge in [-0.2, -0.15) is 127 Å². The van der Waals surface area contributed by atoms with Gasteiger partial charge in [0.25, 0.3) is 0 Å². The number of benzene rings is 6. The van der Waals surface area contributed by atoms with E-state index in [-0.39, 0.29) is 0 Å². The normalized spacial score (nSPS) is 13.4.